The van der Waals surface area contributed by atoms with Crippen LogP contribution >= 0.6 is 0 Å². The lowest BCUT2D eigenvalue weighted by Gasteiger charge is -2.14. The van der Waals surface area contributed by atoms with Crippen LogP contribution in [0.2, 0.25) is 0 Å². The molecule has 3 rings (SSSR count). The Morgan fingerprint density at radius 3 is 2.21 bits per heavy atom. The number of carboxylic acids is 1. The topological polar surface area (TPSA) is 136 Å². The summed E-state index contributed by atoms with van der Waals surface area (Å²) in [6.07, 6.45) is 0. The second-order valence-corrected chi connectivity index (χ2v) is 7.37. The van der Waals surface area contributed by atoms with Gasteiger partial charge in [-0.1, -0.05) is 6.07 Å². The molecule has 2 aromatic carbocycles. The molecule has 0 fully saturated rings. The number of ether oxygens (including phenoxy) is 4. The van der Waals surface area contributed by atoms with E-state index < -0.39 is 17.4 Å². The highest BCUT2D eigenvalue weighted by Gasteiger charge is 2.17. The number of carboxylic acid groups (broad SMARTS) is 1. The molecule has 0 aliphatic heterocycles. The van der Waals surface area contributed by atoms with Gasteiger partial charge in [0.2, 0.25) is 0 Å². The first-order chi connectivity index (χ1) is 16.3. The number of aryl methyl sites for hydroxylation is 1. The molecule has 0 bridgehead atoms. The van der Waals surface area contributed by atoms with E-state index in [0.29, 0.717) is 46.9 Å². The molecule has 1 heterocycles. The Morgan fingerprint density at radius 2 is 1.59 bits per heavy atom. The molecule has 0 spiro atoms. The third-order valence-electron chi connectivity index (χ3n) is 4.98. The maximum Gasteiger partial charge on any atom is 0.335 e. The van der Waals surface area contributed by atoms with Gasteiger partial charge in [-0.15, -0.1) is 0 Å². The van der Waals surface area contributed by atoms with Crippen LogP contribution in [0.25, 0.3) is 10.9 Å². The number of hydrogen-bond acceptors (Lipinski definition) is 7. The summed E-state index contributed by atoms with van der Waals surface area (Å²) in [5, 5.41) is 12.4. The molecular formula is C24H26N2O8. The van der Waals surface area contributed by atoms with Crippen LogP contribution in [-0.4, -0.2) is 62.6 Å². The van der Waals surface area contributed by atoms with Crippen molar-refractivity contribution in [2.24, 2.45) is 0 Å². The largest absolute Gasteiger partial charge is 0.487 e. The van der Waals surface area contributed by atoms with E-state index in [0.717, 1.165) is 0 Å². The summed E-state index contributed by atoms with van der Waals surface area (Å²) in [5.74, 6) is -0.960. The van der Waals surface area contributed by atoms with Gasteiger partial charge in [0.1, 0.15) is 18.8 Å². The minimum atomic E-state index is -1.12. The van der Waals surface area contributed by atoms with Gasteiger partial charge in [0, 0.05) is 31.4 Å². The quantitative estimate of drug-likeness (QED) is 0.364. The van der Waals surface area contributed by atoms with Gasteiger partial charge in [-0.25, -0.2) is 4.79 Å². The summed E-state index contributed by atoms with van der Waals surface area (Å²) in [7, 11) is 3.12. The third-order valence-corrected chi connectivity index (χ3v) is 4.98. The van der Waals surface area contributed by atoms with Gasteiger partial charge < -0.3 is 34.4 Å². The maximum absolute atomic E-state index is 12.9. The molecule has 1 amide bonds. The first-order valence-electron chi connectivity index (χ1n) is 10.4. The minimum absolute atomic E-state index is 0.0205. The predicted molar refractivity (Wildman–Crippen MR) is 125 cm³/mol. The zero-order valence-electron chi connectivity index (χ0n) is 19.1. The van der Waals surface area contributed by atoms with E-state index in [1.807, 2.05) is 0 Å². The van der Waals surface area contributed by atoms with Crippen LogP contribution in [0.3, 0.4) is 0 Å². The van der Waals surface area contributed by atoms with Crippen molar-refractivity contribution in [2.75, 3.05) is 46.0 Å². The standard InChI is InChI=1S/C24H26N2O8/c1-14-4-5-15(24(29)30)11-18(14)25-22(27)17-10-16-12-20(33-8-6-31-2)21(34-9-7-32-3)13-19(16)26-23(17)28/h4-5,10-13H,6-9H2,1-3H3,(H,25,27)(H,26,28)(H,29,30). The predicted octanol–water partition coefficient (Wildman–Crippen LogP) is 2.84. The van der Waals surface area contributed by atoms with Crippen molar-refractivity contribution in [1.29, 1.82) is 0 Å². The number of rotatable bonds is 11. The molecule has 1 aromatic heterocycles. The lowest BCUT2D eigenvalue weighted by atomic mass is 10.1. The zero-order valence-corrected chi connectivity index (χ0v) is 19.1. The number of carbonyl (C=O) groups excluding carboxylic acids is 1. The molecule has 180 valence electrons. The van der Waals surface area contributed by atoms with Crippen LogP contribution in [0.15, 0.2) is 41.2 Å². The van der Waals surface area contributed by atoms with Crippen molar-refractivity contribution >= 4 is 28.5 Å². The Bertz CT molecular complexity index is 1250. The normalized spacial score (nSPS) is 10.8. The highest BCUT2D eigenvalue weighted by atomic mass is 16.5. The number of aromatic amines is 1. The van der Waals surface area contributed by atoms with Gasteiger partial charge >= 0.3 is 5.97 Å². The number of methoxy groups -OCH3 is 2. The number of carbonyl (C=O) groups is 2. The fraction of sp³-hybridized carbons (Fsp3) is 0.292. The number of benzene rings is 2. The number of nitrogens with one attached hydrogen (secondary N) is 2. The molecule has 0 saturated heterocycles. The zero-order chi connectivity index (χ0) is 24.7. The number of hydrogen-bond donors (Lipinski definition) is 3. The van der Waals surface area contributed by atoms with Crippen molar-refractivity contribution in [3.63, 3.8) is 0 Å². The minimum Gasteiger partial charge on any atom is -0.487 e. The summed E-state index contributed by atoms with van der Waals surface area (Å²) in [5.41, 5.74) is 0.692. The Morgan fingerprint density at radius 1 is 0.941 bits per heavy atom. The molecular weight excluding hydrogens is 444 g/mol. The summed E-state index contributed by atoms with van der Waals surface area (Å²) in [6, 6.07) is 9.09. The number of fused-ring (bicyclic) bond motifs is 1. The van der Waals surface area contributed by atoms with Crippen LogP contribution in [0.5, 0.6) is 11.5 Å². The van der Waals surface area contributed by atoms with E-state index in [-0.39, 0.29) is 24.3 Å². The Hall–Kier alpha value is -3.89. The molecule has 0 unspecified atom stereocenters. The monoisotopic (exact) mass is 470 g/mol. The van der Waals surface area contributed by atoms with E-state index in [1.54, 1.807) is 39.3 Å². The Labute approximate surface area is 195 Å². The molecule has 34 heavy (non-hydrogen) atoms. The first-order valence-corrected chi connectivity index (χ1v) is 10.4. The van der Waals surface area contributed by atoms with Crippen LogP contribution in [0.1, 0.15) is 26.3 Å². The van der Waals surface area contributed by atoms with Gasteiger partial charge in [0.25, 0.3) is 11.5 Å². The number of pyridine rings is 1. The summed E-state index contributed by atoms with van der Waals surface area (Å²) in [4.78, 5) is 39.5. The van der Waals surface area contributed by atoms with Crippen molar-refractivity contribution in [3.8, 4) is 11.5 Å². The van der Waals surface area contributed by atoms with E-state index in [9.17, 15) is 19.5 Å². The average Bonchev–Trinajstić information content (AvgIpc) is 2.80. The smallest absolute Gasteiger partial charge is 0.335 e. The maximum atomic E-state index is 12.9. The molecule has 3 N–H and O–H groups in total. The van der Waals surface area contributed by atoms with Crippen molar-refractivity contribution in [1.82, 2.24) is 4.98 Å². The van der Waals surface area contributed by atoms with Crippen molar-refractivity contribution in [2.45, 2.75) is 6.92 Å². The molecule has 0 aliphatic carbocycles. The number of amides is 1. The Balaban J connectivity index is 1.95. The van der Waals surface area contributed by atoms with E-state index in [1.165, 1.54) is 18.2 Å². The van der Waals surface area contributed by atoms with Gasteiger partial charge in [-0.05, 0) is 36.8 Å². The van der Waals surface area contributed by atoms with Crippen molar-refractivity contribution in [3.05, 3.63) is 63.4 Å². The molecule has 0 atom stereocenters. The summed E-state index contributed by atoms with van der Waals surface area (Å²) < 4.78 is 21.5. The van der Waals surface area contributed by atoms with E-state index >= 15 is 0 Å². The SMILES string of the molecule is COCCOc1cc2cc(C(=O)Nc3cc(C(=O)O)ccc3C)c(=O)[nH]c2cc1OCCOC. The highest BCUT2D eigenvalue weighted by molar-refractivity contribution is 6.06. The van der Waals surface area contributed by atoms with Crippen molar-refractivity contribution < 1.29 is 33.6 Å². The summed E-state index contributed by atoms with van der Waals surface area (Å²) in [6.45, 7) is 3.01. The second kappa shape index (κ2) is 11.3. The molecule has 0 aliphatic rings. The molecule has 0 radical (unpaired) electrons. The summed E-state index contributed by atoms with van der Waals surface area (Å²) >= 11 is 0. The second-order valence-electron chi connectivity index (χ2n) is 7.37. The van der Waals surface area contributed by atoms with E-state index in [4.69, 9.17) is 18.9 Å². The van der Waals surface area contributed by atoms with Crippen LogP contribution in [0, 0.1) is 6.92 Å². The van der Waals surface area contributed by atoms with E-state index in [2.05, 4.69) is 10.3 Å². The van der Waals surface area contributed by atoms with Gasteiger partial charge in [0.15, 0.2) is 11.5 Å². The van der Waals surface area contributed by atoms with Gasteiger partial charge in [-0.2, -0.15) is 0 Å². The fourth-order valence-corrected chi connectivity index (χ4v) is 3.16. The lowest BCUT2D eigenvalue weighted by molar-refractivity contribution is 0.0696. The lowest BCUT2D eigenvalue weighted by Crippen LogP contribution is -2.23. The first kappa shape index (κ1) is 24.7. The number of aromatic carboxylic acids is 1. The number of H-pyrrole nitrogens is 1. The fourth-order valence-electron chi connectivity index (χ4n) is 3.16. The van der Waals surface area contributed by atoms with Gasteiger partial charge in [-0.3, -0.25) is 9.59 Å². The van der Waals surface area contributed by atoms with Crippen LogP contribution < -0.4 is 20.3 Å². The number of aromatic nitrogens is 1. The average molecular weight is 470 g/mol. The molecule has 3 aromatic rings. The highest BCUT2D eigenvalue weighted by Crippen LogP contribution is 2.32. The van der Waals surface area contributed by atoms with Gasteiger partial charge in [0.05, 0.1) is 24.3 Å². The number of anilines is 1. The molecule has 10 heteroatoms. The Kier molecular flexibility index (Phi) is 8.23. The molecule has 0 saturated carbocycles. The van der Waals surface area contributed by atoms with Crippen LogP contribution in [0.4, 0.5) is 5.69 Å². The molecule has 10 nitrogen and oxygen atoms in total. The third kappa shape index (κ3) is 5.91. The van der Waals surface area contributed by atoms with Crippen LogP contribution in [-0.2, 0) is 9.47 Å².